The maximum atomic E-state index is 12.0. The predicted octanol–water partition coefficient (Wildman–Crippen LogP) is 2.04. The Hall–Kier alpha value is -0.810. The van der Waals surface area contributed by atoms with Crippen LogP contribution in [0.2, 0.25) is 10.0 Å². The van der Waals surface area contributed by atoms with E-state index in [1.54, 1.807) is 19.1 Å². The third-order valence-electron chi connectivity index (χ3n) is 2.46. The Kier molecular flexibility index (Phi) is 5.62. The van der Waals surface area contributed by atoms with Gasteiger partial charge in [-0.25, -0.2) is 0 Å². The molecule has 0 aliphatic heterocycles. The van der Waals surface area contributed by atoms with Gasteiger partial charge in [0.1, 0.15) is 0 Å². The quantitative estimate of drug-likeness (QED) is 0.875. The maximum Gasteiger partial charge on any atom is 0.252 e. The van der Waals surface area contributed by atoms with Crippen molar-refractivity contribution in [1.82, 2.24) is 10.2 Å². The van der Waals surface area contributed by atoms with Gasteiger partial charge in [0, 0.05) is 18.1 Å². The van der Waals surface area contributed by atoms with Crippen molar-refractivity contribution in [2.75, 3.05) is 27.2 Å². The Morgan fingerprint density at radius 3 is 2.63 bits per heavy atom. The zero-order valence-electron chi connectivity index (χ0n) is 11.2. The fourth-order valence-corrected chi connectivity index (χ4v) is 2.15. The minimum Gasteiger partial charge on any atom is -0.387 e. The second kappa shape index (κ2) is 6.57. The maximum absolute atomic E-state index is 12.0. The fourth-order valence-electron chi connectivity index (χ4n) is 1.77. The van der Waals surface area contributed by atoms with Gasteiger partial charge >= 0.3 is 0 Å². The summed E-state index contributed by atoms with van der Waals surface area (Å²) in [6, 6.07) is 4.68. The van der Waals surface area contributed by atoms with Gasteiger partial charge in [-0.2, -0.15) is 0 Å². The van der Waals surface area contributed by atoms with Gasteiger partial charge in [-0.05, 0) is 39.2 Å². The zero-order valence-corrected chi connectivity index (χ0v) is 12.7. The highest BCUT2D eigenvalue weighted by Crippen LogP contribution is 2.20. The molecule has 0 aliphatic carbocycles. The van der Waals surface area contributed by atoms with Crippen molar-refractivity contribution in [1.29, 1.82) is 0 Å². The number of likely N-dealkylation sites (N-methyl/N-ethyl adjacent to an activating group) is 1. The van der Waals surface area contributed by atoms with Crippen molar-refractivity contribution in [3.63, 3.8) is 0 Å². The molecular formula is C13H18Cl2N2O2. The van der Waals surface area contributed by atoms with Crippen LogP contribution >= 0.6 is 23.2 Å². The van der Waals surface area contributed by atoms with Gasteiger partial charge in [0.2, 0.25) is 0 Å². The van der Waals surface area contributed by atoms with Crippen molar-refractivity contribution < 1.29 is 9.90 Å². The lowest BCUT2D eigenvalue weighted by Gasteiger charge is -2.27. The van der Waals surface area contributed by atoms with Crippen LogP contribution in [0.1, 0.15) is 17.3 Å². The number of aliphatic hydroxyl groups is 1. The lowest BCUT2D eigenvalue weighted by Crippen LogP contribution is -2.47. The zero-order chi connectivity index (χ0) is 14.6. The third-order valence-corrected chi connectivity index (χ3v) is 3.02. The molecule has 2 N–H and O–H groups in total. The highest BCUT2D eigenvalue weighted by Gasteiger charge is 2.23. The first-order valence-corrected chi connectivity index (χ1v) is 6.57. The molecule has 1 rings (SSSR count). The highest BCUT2D eigenvalue weighted by molar-refractivity contribution is 6.35. The highest BCUT2D eigenvalue weighted by atomic mass is 35.5. The number of benzene rings is 1. The Morgan fingerprint density at radius 2 is 2.05 bits per heavy atom. The molecule has 1 unspecified atom stereocenters. The number of hydrogen-bond acceptors (Lipinski definition) is 3. The van der Waals surface area contributed by atoms with Gasteiger partial charge in [0.25, 0.3) is 5.91 Å². The van der Waals surface area contributed by atoms with Crippen LogP contribution in [0.3, 0.4) is 0 Å². The number of nitrogens with one attached hydrogen (secondary N) is 1. The summed E-state index contributed by atoms with van der Waals surface area (Å²) in [6.07, 6.45) is 0. The van der Waals surface area contributed by atoms with Crippen LogP contribution in [0.5, 0.6) is 0 Å². The summed E-state index contributed by atoms with van der Waals surface area (Å²) in [5.41, 5.74) is -0.709. The van der Waals surface area contributed by atoms with Crippen LogP contribution in [-0.4, -0.2) is 48.7 Å². The molecule has 0 saturated carbocycles. The first kappa shape index (κ1) is 16.2. The van der Waals surface area contributed by atoms with E-state index in [1.165, 1.54) is 6.07 Å². The summed E-state index contributed by atoms with van der Waals surface area (Å²) in [7, 11) is 3.70. The number of nitrogens with zero attached hydrogens (tertiary/aromatic N) is 1. The van der Waals surface area contributed by atoms with E-state index in [1.807, 2.05) is 19.0 Å². The van der Waals surface area contributed by atoms with E-state index in [0.717, 1.165) is 0 Å². The number of rotatable bonds is 5. The summed E-state index contributed by atoms with van der Waals surface area (Å²) < 4.78 is 0. The molecular weight excluding hydrogens is 287 g/mol. The minimum absolute atomic E-state index is 0.132. The summed E-state index contributed by atoms with van der Waals surface area (Å²) >= 11 is 11.8. The van der Waals surface area contributed by atoms with E-state index in [0.29, 0.717) is 22.2 Å². The number of amides is 1. The van der Waals surface area contributed by atoms with Gasteiger partial charge in [-0.15, -0.1) is 0 Å². The van der Waals surface area contributed by atoms with E-state index in [4.69, 9.17) is 23.2 Å². The van der Waals surface area contributed by atoms with E-state index in [-0.39, 0.29) is 12.5 Å². The lowest BCUT2D eigenvalue weighted by molar-refractivity contribution is 0.0326. The number of hydrogen-bond donors (Lipinski definition) is 2. The SMILES string of the molecule is CN(C)CC(C)(O)CNC(=O)c1cc(Cl)ccc1Cl. The summed E-state index contributed by atoms with van der Waals surface area (Å²) in [5.74, 6) is -0.355. The van der Waals surface area contributed by atoms with Gasteiger partial charge in [0.15, 0.2) is 0 Å². The summed E-state index contributed by atoms with van der Waals surface area (Å²) in [6.45, 7) is 2.23. The van der Waals surface area contributed by atoms with Crippen molar-refractivity contribution in [3.8, 4) is 0 Å². The fraction of sp³-hybridized carbons (Fsp3) is 0.462. The molecule has 0 fully saturated rings. The normalized spacial score (nSPS) is 14.3. The second-order valence-corrected chi connectivity index (χ2v) is 5.89. The first-order chi connectivity index (χ1) is 8.71. The molecule has 0 heterocycles. The van der Waals surface area contributed by atoms with Crippen LogP contribution in [0.4, 0.5) is 0 Å². The van der Waals surface area contributed by atoms with Crippen molar-refractivity contribution in [2.24, 2.45) is 0 Å². The second-order valence-electron chi connectivity index (χ2n) is 5.04. The molecule has 0 aliphatic rings. The van der Waals surface area contributed by atoms with Crippen molar-refractivity contribution >= 4 is 29.1 Å². The van der Waals surface area contributed by atoms with Crippen molar-refractivity contribution in [3.05, 3.63) is 33.8 Å². The minimum atomic E-state index is -1.01. The monoisotopic (exact) mass is 304 g/mol. The van der Waals surface area contributed by atoms with Gasteiger partial charge < -0.3 is 15.3 Å². The van der Waals surface area contributed by atoms with E-state index >= 15 is 0 Å². The van der Waals surface area contributed by atoms with Crippen LogP contribution in [0.15, 0.2) is 18.2 Å². The number of carbonyl (C=O) groups excluding carboxylic acids is 1. The van der Waals surface area contributed by atoms with Gasteiger partial charge in [0.05, 0.1) is 16.2 Å². The van der Waals surface area contributed by atoms with E-state index in [9.17, 15) is 9.90 Å². The Bertz CT molecular complexity index is 462. The average molecular weight is 305 g/mol. The lowest BCUT2D eigenvalue weighted by atomic mass is 10.1. The molecule has 0 bridgehead atoms. The molecule has 1 atom stereocenters. The molecule has 4 nitrogen and oxygen atoms in total. The molecule has 6 heteroatoms. The molecule has 1 aromatic carbocycles. The van der Waals surface area contributed by atoms with Gasteiger partial charge in [-0.3, -0.25) is 4.79 Å². The standard InChI is InChI=1S/C13H18Cl2N2O2/c1-13(19,8-17(2)3)7-16-12(18)10-6-9(14)4-5-11(10)15/h4-6,19H,7-8H2,1-3H3,(H,16,18). The number of carbonyl (C=O) groups is 1. The Labute approximate surface area is 123 Å². The molecule has 1 aromatic rings. The van der Waals surface area contributed by atoms with Crippen molar-refractivity contribution in [2.45, 2.75) is 12.5 Å². The van der Waals surface area contributed by atoms with Crippen LogP contribution in [0, 0.1) is 0 Å². The molecule has 19 heavy (non-hydrogen) atoms. The topological polar surface area (TPSA) is 52.6 Å². The van der Waals surface area contributed by atoms with E-state index in [2.05, 4.69) is 5.32 Å². The molecule has 106 valence electrons. The van der Waals surface area contributed by atoms with Crippen LogP contribution in [-0.2, 0) is 0 Å². The average Bonchev–Trinajstić information content (AvgIpc) is 2.27. The number of halogens is 2. The third kappa shape index (κ3) is 5.37. The summed E-state index contributed by atoms with van der Waals surface area (Å²) in [4.78, 5) is 13.8. The molecule has 0 radical (unpaired) electrons. The van der Waals surface area contributed by atoms with E-state index < -0.39 is 5.60 Å². The molecule has 0 aromatic heterocycles. The Balaban J connectivity index is 2.68. The van der Waals surface area contributed by atoms with Crippen LogP contribution < -0.4 is 5.32 Å². The molecule has 0 spiro atoms. The Morgan fingerprint density at radius 1 is 1.42 bits per heavy atom. The molecule has 0 saturated heterocycles. The van der Waals surface area contributed by atoms with Gasteiger partial charge in [-0.1, -0.05) is 23.2 Å². The smallest absolute Gasteiger partial charge is 0.252 e. The predicted molar refractivity (Wildman–Crippen MR) is 78.0 cm³/mol. The summed E-state index contributed by atoms with van der Waals surface area (Å²) in [5, 5.41) is 13.5. The molecule has 1 amide bonds. The van der Waals surface area contributed by atoms with Crippen LogP contribution in [0.25, 0.3) is 0 Å². The first-order valence-electron chi connectivity index (χ1n) is 5.82. The largest absolute Gasteiger partial charge is 0.387 e.